The molecule has 0 radical (unpaired) electrons. The summed E-state index contributed by atoms with van der Waals surface area (Å²) < 4.78 is 72.2. The first-order valence-corrected chi connectivity index (χ1v) is 26.1. The summed E-state index contributed by atoms with van der Waals surface area (Å²) in [5, 5.41) is 110. The van der Waals surface area contributed by atoms with Crippen LogP contribution in [0.4, 0.5) is 0 Å². The second-order valence-electron chi connectivity index (χ2n) is 21.2. The number of ketones is 2. The van der Waals surface area contributed by atoms with Gasteiger partial charge in [-0.2, -0.15) is 0 Å². The Hall–Kier alpha value is -3.32. The SMILES string of the molecule is COC1CC(OC2CC(OC3CC(OC4C(=O)c5c(cc6cc(OC7CC(OC8CC(O)C(O)C(C)O8)C(O)C(C)O7)c(C)c(O)c6c5O)CC4C(OC)C(=O)C(O)C(C)O)OC(C)C3O)OC(C)C2O)OC(C)C1O. The zero-order chi connectivity index (χ0) is 55.3. The summed E-state index contributed by atoms with van der Waals surface area (Å²) in [5.41, 5.74) is 0.0895. The molecule has 76 heavy (non-hydrogen) atoms. The van der Waals surface area contributed by atoms with E-state index in [1.807, 2.05) is 0 Å². The average molecular weight is 1090 g/mol. The van der Waals surface area contributed by atoms with Crippen LogP contribution in [0.15, 0.2) is 12.1 Å². The molecule has 6 aliphatic rings. The molecule has 0 saturated carbocycles. The first kappa shape index (κ1) is 58.8. The van der Waals surface area contributed by atoms with Crippen molar-refractivity contribution in [2.24, 2.45) is 5.92 Å². The number of hydrogen-bond acceptors (Lipinski definition) is 24. The number of carbonyl (C=O) groups excluding carboxylic acids is 2. The first-order valence-electron chi connectivity index (χ1n) is 26.1. The van der Waals surface area contributed by atoms with E-state index in [4.69, 9.17) is 56.8 Å². The molecule has 0 amide bonds. The van der Waals surface area contributed by atoms with Crippen molar-refractivity contribution in [2.45, 2.75) is 234 Å². The van der Waals surface area contributed by atoms with E-state index in [2.05, 4.69) is 0 Å². The van der Waals surface area contributed by atoms with Crippen LogP contribution >= 0.6 is 0 Å². The summed E-state index contributed by atoms with van der Waals surface area (Å²) in [6.45, 7) is 10.8. The van der Waals surface area contributed by atoms with E-state index in [1.165, 1.54) is 40.2 Å². The van der Waals surface area contributed by atoms with Gasteiger partial charge in [-0.25, -0.2) is 0 Å². The lowest BCUT2D eigenvalue weighted by Gasteiger charge is -2.45. The fourth-order valence-electron chi connectivity index (χ4n) is 11.3. The second kappa shape index (κ2) is 24.2. The van der Waals surface area contributed by atoms with Gasteiger partial charge in [-0.15, -0.1) is 0 Å². The van der Waals surface area contributed by atoms with Gasteiger partial charge in [0, 0.05) is 57.8 Å². The summed E-state index contributed by atoms with van der Waals surface area (Å²) in [6.07, 6.45) is -26.3. The maximum absolute atomic E-state index is 15.0. The van der Waals surface area contributed by atoms with Gasteiger partial charge in [-0.05, 0) is 78.0 Å². The number of hydrogen-bond donors (Lipinski definition) is 10. The highest BCUT2D eigenvalue weighted by molar-refractivity contribution is 6.11. The Labute approximate surface area is 439 Å². The monoisotopic (exact) mass is 1080 g/mol. The van der Waals surface area contributed by atoms with Crippen LogP contribution in [0.5, 0.6) is 17.2 Å². The van der Waals surface area contributed by atoms with Crippen LogP contribution in [-0.4, -0.2) is 224 Å². The van der Waals surface area contributed by atoms with Gasteiger partial charge in [0.15, 0.2) is 36.7 Å². The summed E-state index contributed by atoms with van der Waals surface area (Å²) in [5.74, 6) is -4.02. The number of methoxy groups -OCH3 is 2. The Bertz CT molecular complexity index is 2320. The van der Waals surface area contributed by atoms with Crippen molar-refractivity contribution in [1.82, 2.24) is 0 Å². The number of phenols is 2. The van der Waals surface area contributed by atoms with E-state index < -0.39 is 176 Å². The minimum Gasteiger partial charge on any atom is -0.507 e. The van der Waals surface area contributed by atoms with Crippen LogP contribution in [0.2, 0.25) is 0 Å². The number of ether oxygens (including phenoxy) is 12. The lowest BCUT2D eigenvalue weighted by atomic mass is 9.75. The third kappa shape index (κ3) is 12.1. The van der Waals surface area contributed by atoms with Gasteiger partial charge in [0.05, 0.1) is 78.1 Å². The summed E-state index contributed by atoms with van der Waals surface area (Å²) >= 11 is 0. The van der Waals surface area contributed by atoms with Crippen molar-refractivity contribution < 1.29 is 117 Å². The fraction of sp³-hybridized carbons (Fsp3) is 0.769. The molecular weight excluding hydrogens is 1010 g/mol. The van der Waals surface area contributed by atoms with Crippen LogP contribution in [-0.2, 0) is 63.3 Å². The summed E-state index contributed by atoms with van der Waals surface area (Å²) in [6, 6.07) is 3.04. The van der Waals surface area contributed by atoms with Gasteiger partial charge in [0.25, 0.3) is 0 Å². The Morgan fingerprint density at radius 2 is 1.07 bits per heavy atom. The van der Waals surface area contributed by atoms with Gasteiger partial charge < -0.3 is 108 Å². The van der Waals surface area contributed by atoms with E-state index in [9.17, 15) is 55.9 Å². The number of fused-ring (bicyclic) bond motifs is 2. The van der Waals surface area contributed by atoms with Crippen molar-refractivity contribution in [3.05, 3.63) is 28.8 Å². The molecule has 0 bridgehead atoms. The highest BCUT2D eigenvalue weighted by Crippen LogP contribution is 2.47. The molecule has 428 valence electrons. The summed E-state index contributed by atoms with van der Waals surface area (Å²) in [4.78, 5) is 28.9. The van der Waals surface area contributed by atoms with Crippen LogP contribution in [0, 0.1) is 12.8 Å². The zero-order valence-corrected chi connectivity index (χ0v) is 44.0. The van der Waals surface area contributed by atoms with Crippen molar-refractivity contribution in [2.75, 3.05) is 14.2 Å². The molecule has 8 rings (SSSR count). The molecule has 2 aromatic rings. The topological polar surface area (TPSA) is 347 Å². The average Bonchev–Trinajstić information content (AvgIpc) is 3.40. The number of aliphatic hydroxyl groups is 8. The van der Waals surface area contributed by atoms with Crippen molar-refractivity contribution in [3.8, 4) is 17.2 Å². The molecule has 0 spiro atoms. The molecule has 5 saturated heterocycles. The molecule has 25 unspecified atom stereocenters. The smallest absolute Gasteiger partial charge is 0.202 e. The maximum Gasteiger partial charge on any atom is 0.202 e. The minimum atomic E-state index is -1.94. The Morgan fingerprint density at radius 1 is 0.618 bits per heavy atom. The van der Waals surface area contributed by atoms with Gasteiger partial charge in [0.1, 0.15) is 66.1 Å². The fourth-order valence-corrected chi connectivity index (χ4v) is 11.3. The van der Waals surface area contributed by atoms with Crippen LogP contribution in [0.1, 0.15) is 95.1 Å². The van der Waals surface area contributed by atoms with Crippen LogP contribution < -0.4 is 4.74 Å². The highest BCUT2D eigenvalue weighted by atomic mass is 16.7. The Balaban J connectivity index is 1.04. The number of aliphatic hydroxyl groups excluding tert-OH is 8. The van der Waals surface area contributed by atoms with Gasteiger partial charge in [0.2, 0.25) is 6.29 Å². The van der Waals surface area contributed by atoms with Crippen molar-refractivity contribution in [1.29, 1.82) is 0 Å². The molecule has 24 nitrogen and oxygen atoms in total. The number of benzene rings is 2. The highest BCUT2D eigenvalue weighted by Gasteiger charge is 2.51. The van der Waals surface area contributed by atoms with E-state index in [0.717, 1.165) is 0 Å². The van der Waals surface area contributed by atoms with Crippen LogP contribution in [0.25, 0.3) is 10.8 Å². The number of phenolic OH excluding ortho intramolecular Hbond substituents is 2. The van der Waals surface area contributed by atoms with E-state index >= 15 is 4.79 Å². The van der Waals surface area contributed by atoms with Crippen molar-refractivity contribution >= 4 is 22.3 Å². The second-order valence-corrected chi connectivity index (χ2v) is 21.2. The Kier molecular flexibility index (Phi) is 18.7. The van der Waals surface area contributed by atoms with Gasteiger partial charge >= 0.3 is 0 Å². The van der Waals surface area contributed by atoms with E-state index in [-0.39, 0.29) is 71.7 Å². The largest absolute Gasteiger partial charge is 0.507 e. The molecule has 24 heteroatoms. The number of aromatic hydroxyl groups is 2. The lowest BCUT2D eigenvalue weighted by molar-refractivity contribution is -0.329. The van der Waals surface area contributed by atoms with E-state index in [1.54, 1.807) is 34.6 Å². The zero-order valence-electron chi connectivity index (χ0n) is 44.0. The molecule has 1 aliphatic carbocycles. The maximum atomic E-state index is 15.0. The van der Waals surface area contributed by atoms with Gasteiger partial charge in [-0.1, -0.05) is 0 Å². The molecule has 25 atom stereocenters. The number of carbonyl (C=O) groups is 2. The van der Waals surface area contributed by atoms with E-state index in [0.29, 0.717) is 0 Å². The third-order valence-electron chi connectivity index (χ3n) is 15.8. The number of rotatable bonds is 16. The first-order chi connectivity index (χ1) is 35.9. The normalized spacial score (nSPS) is 41.5. The Morgan fingerprint density at radius 3 is 1.55 bits per heavy atom. The molecule has 5 fully saturated rings. The molecule has 5 heterocycles. The van der Waals surface area contributed by atoms with Crippen LogP contribution in [0.3, 0.4) is 0 Å². The van der Waals surface area contributed by atoms with Gasteiger partial charge in [-0.3, -0.25) is 9.59 Å². The predicted molar refractivity (Wildman–Crippen MR) is 259 cm³/mol. The predicted octanol–water partition coefficient (Wildman–Crippen LogP) is 0.0147. The summed E-state index contributed by atoms with van der Waals surface area (Å²) in [7, 11) is 2.66. The lowest BCUT2D eigenvalue weighted by Crippen LogP contribution is -2.57. The van der Waals surface area contributed by atoms with Crippen molar-refractivity contribution in [3.63, 3.8) is 0 Å². The molecule has 5 aliphatic heterocycles. The molecular formula is C52H76O24. The standard InChI is InChI=1S/C52H76O24/c1-18-29(72-36-15-31(45(59)22(5)69-36)73-34-13-28(54)43(57)20(3)67-34)12-26-10-25-11-27(51(66-9)50(64)42(56)19(2)53)52(49(63)40(25)48(62)39(26)41(18)55)76-38-17-33(47(61)24(7)71-38)75-37-16-32(46(60)23(6)70-37)74-35-14-30(65-8)44(58)21(4)68-35/h10,12,19-24,27-28,30-38,42-47,51-62H,11,13-17H2,1-9H3. The quantitative estimate of drug-likeness (QED) is 0.106. The minimum absolute atomic E-state index is 0.0113. The molecule has 2 aromatic carbocycles. The molecule has 10 N–H and O–H groups in total. The molecule has 0 aromatic heterocycles. The number of Topliss-reactive ketones (excluding diaryl/α,β-unsaturated/α-hetero) is 2. The third-order valence-corrected chi connectivity index (χ3v) is 15.8.